The van der Waals surface area contributed by atoms with E-state index in [1.54, 1.807) is 12.1 Å². The highest BCUT2D eigenvalue weighted by Crippen LogP contribution is 2.12. The second-order valence-corrected chi connectivity index (χ2v) is 6.46. The first-order valence-electron chi connectivity index (χ1n) is 9.15. The minimum Gasteiger partial charge on any atom is -0.465 e. The maximum absolute atomic E-state index is 11.9. The van der Waals surface area contributed by atoms with Crippen molar-refractivity contribution in [3.05, 3.63) is 60.6 Å². The molecule has 0 saturated carbocycles. The lowest BCUT2D eigenvalue weighted by Crippen LogP contribution is -3.15. The lowest BCUT2D eigenvalue weighted by Gasteiger charge is -2.33. The number of anilines is 1. The molecule has 1 aromatic carbocycles. The predicted molar refractivity (Wildman–Crippen MR) is 103 cm³/mol. The molecule has 1 aromatic heterocycles. The number of piperazine rings is 1. The molecule has 3 rings (SSSR count). The quantitative estimate of drug-likeness (QED) is 0.503. The maximum atomic E-state index is 11.9. The summed E-state index contributed by atoms with van der Waals surface area (Å²) in [5.41, 5.74) is 6.07. The van der Waals surface area contributed by atoms with Crippen LogP contribution in [0.25, 0.3) is 6.08 Å². The van der Waals surface area contributed by atoms with Crippen molar-refractivity contribution < 1.29 is 18.9 Å². The van der Waals surface area contributed by atoms with Gasteiger partial charge in [0.05, 0.1) is 45.4 Å². The molecule has 27 heavy (non-hydrogen) atoms. The van der Waals surface area contributed by atoms with Gasteiger partial charge in [-0.15, -0.1) is 0 Å². The molecule has 1 aliphatic rings. The Morgan fingerprint density at radius 3 is 2.56 bits per heavy atom. The second-order valence-electron chi connectivity index (χ2n) is 6.46. The number of furan rings is 1. The number of para-hydroxylation sites is 1. The Morgan fingerprint density at radius 1 is 1.07 bits per heavy atom. The number of quaternary nitrogens is 1. The fourth-order valence-corrected chi connectivity index (χ4v) is 3.04. The van der Waals surface area contributed by atoms with E-state index >= 15 is 0 Å². The lowest BCUT2D eigenvalue weighted by atomic mass is 10.2. The first kappa shape index (κ1) is 18.7. The Bertz CT molecular complexity index is 751. The molecule has 0 unspecified atom stereocenters. The largest absolute Gasteiger partial charge is 0.465 e. The lowest BCUT2D eigenvalue weighted by molar-refractivity contribution is -0.900. The van der Waals surface area contributed by atoms with Gasteiger partial charge >= 0.3 is 0 Å². The van der Waals surface area contributed by atoms with E-state index in [-0.39, 0.29) is 5.91 Å². The summed E-state index contributed by atoms with van der Waals surface area (Å²) in [4.78, 5) is 27.3. The van der Waals surface area contributed by atoms with Gasteiger partial charge in [-0.1, -0.05) is 18.2 Å². The minimum atomic E-state index is -0.399. The first-order chi connectivity index (χ1) is 13.2. The van der Waals surface area contributed by atoms with Crippen molar-refractivity contribution in [2.75, 3.05) is 37.6 Å². The molecule has 0 radical (unpaired) electrons. The molecule has 0 bridgehead atoms. The standard InChI is InChI=1S/C20H24N4O3/c25-19(9-8-18-7-4-16-27-18)21-22-20(26)10-11-23-12-14-24(15-13-23)17-5-2-1-3-6-17/h1-9,16H,10-15H2,(H,21,25)(H,22,26)/p+1/b9-8+. The van der Waals surface area contributed by atoms with Gasteiger partial charge in [0.1, 0.15) is 5.76 Å². The summed E-state index contributed by atoms with van der Waals surface area (Å²) in [5, 5.41) is 0. The zero-order valence-electron chi connectivity index (χ0n) is 15.2. The number of hydrogen-bond donors (Lipinski definition) is 3. The highest BCUT2D eigenvalue weighted by Gasteiger charge is 2.20. The van der Waals surface area contributed by atoms with Crippen molar-refractivity contribution in [1.82, 2.24) is 10.9 Å². The number of carbonyl (C=O) groups excluding carboxylic acids is 2. The number of nitrogens with one attached hydrogen (secondary N) is 3. The van der Waals surface area contributed by atoms with Crippen LogP contribution in [0.3, 0.4) is 0 Å². The zero-order chi connectivity index (χ0) is 18.9. The van der Waals surface area contributed by atoms with E-state index in [4.69, 9.17) is 4.42 Å². The molecule has 7 heteroatoms. The third-order valence-electron chi connectivity index (χ3n) is 4.56. The number of amides is 2. The Kier molecular flexibility index (Phi) is 6.65. The number of rotatable bonds is 6. The van der Waals surface area contributed by atoms with Crippen molar-refractivity contribution in [2.45, 2.75) is 6.42 Å². The fourth-order valence-electron chi connectivity index (χ4n) is 3.04. The van der Waals surface area contributed by atoms with Gasteiger partial charge < -0.3 is 14.2 Å². The summed E-state index contributed by atoms with van der Waals surface area (Å²) in [5.74, 6) is -0.00830. The Hall–Kier alpha value is -3.06. The van der Waals surface area contributed by atoms with Crippen molar-refractivity contribution in [3.63, 3.8) is 0 Å². The van der Waals surface area contributed by atoms with Crippen LogP contribution < -0.4 is 20.7 Å². The van der Waals surface area contributed by atoms with E-state index in [2.05, 4.69) is 40.0 Å². The Morgan fingerprint density at radius 2 is 1.85 bits per heavy atom. The number of nitrogens with zero attached hydrogens (tertiary/aromatic N) is 1. The van der Waals surface area contributed by atoms with Crippen LogP contribution in [0.1, 0.15) is 12.2 Å². The van der Waals surface area contributed by atoms with E-state index in [1.165, 1.54) is 29.0 Å². The van der Waals surface area contributed by atoms with E-state index in [1.807, 2.05) is 6.07 Å². The van der Waals surface area contributed by atoms with Crippen LogP contribution in [0.5, 0.6) is 0 Å². The van der Waals surface area contributed by atoms with Gasteiger partial charge in [0.2, 0.25) is 5.91 Å². The first-order valence-corrected chi connectivity index (χ1v) is 9.15. The third kappa shape index (κ3) is 6.00. The number of carbonyl (C=O) groups is 2. The average Bonchev–Trinajstić information content (AvgIpc) is 3.24. The van der Waals surface area contributed by atoms with Crippen molar-refractivity contribution in [1.29, 1.82) is 0 Å². The van der Waals surface area contributed by atoms with Crippen LogP contribution >= 0.6 is 0 Å². The maximum Gasteiger partial charge on any atom is 0.262 e. The predicted octanol–water partition coefficient (Wildman–Crippen LogP) is 0.235. The number of benzene rings is 1. The van der Waals surface area contributed by atoms with Gasteiger partial charge in [-0.3, -0.25) is 20.4 Å². The summed E-state index contributed by atoms with van der Waals surface area (Å²) in [6, 6.07) is 13.9. The van der Waals surface area contributed by atoms with Gasteiger partial charge in [0.15, 0.2) is 0 Å². The summed E-state index contributed by atoms with van der Waals surface area (Å²) in [6.07, 6.45) is 4.76. The normalized spacial score (nSPS) is 15.0. The second kappa shape index (κ2) is 9.59. The molecule has 1 saturated heterocycles. The zero-order valence-corrected chi connectivity index (χ0v) is 15.2. The Balaban J connectivity index is 1.31. The fraction of sp³-hybridized carbons (Fsp3) is 0.300. The average molecular weight is 369 g/mol. The summed E-state index contributed by atoms with van der Waals surface area (Å²) < 4.78 is 5.09. The van der Waals surface area contributed by atoms with Crippen molar-refractivity contribution in [2.24, 2.45) is 0 Å². The molecular formula is C20H25N4O3+. The van der Waals surface area contributed by atoms with E-state index in [0.29, 0.717) is 12.2 Å². The van der Waals surface area contributed by atoms with Crippen LogP contribution in [-0.2, 0) is 9.59 Å². The molecule has 0 spiro atoms. The monoisotopic (exact) mass is 369 g/mol. The molecule has 142 valence electrons. The molecule has 7 nitrogen and oxygen atoms in total. The molecule has 2 amide bonds. The summed E-state index contributed by atoms with van der Waals surface area (Å²) in [6.45, 7) is 4.72. The molecule has 2 heterocycles. The van der Waals surface area contributed by atoms with Gasteiger partial charge in [-0.25, -0.2) is 0 Å². The van der Waals surface area contributed by atoms with Crippen molar-refractivity contribution >= 4 is 23.6 Å². The van der Waals surface area contributed by atoms with Gasteiger partial charge in [-0.05, 0) is 30.3 Å². The van der Waals surface area contributed by atoms with Crippen LogP contribution in [0.2, 0.25) is 0 Å². The molecule has 0 aliphatic carbocycles. The van der Waals surface area contributed by atoms with E-state index in [9.17, 15) is 9.59 Å². The van der Waals surface area contributed by atoms with Crippen molar-refractivity contribution in [3.8, 4) is 0 Å². The molecule has 0 atom stereocenters. The third-order valence-corrected chi connectivity index (χ3v) is 4.56. The van der Waals surface area contributed by atoms with Crippen LogP contribution in [0, 0.1) is 0 Å². The minimum absolute atomic E-state index is 0.187. The van der Waals surface area contributed by atoms with Crippen LogP contribution in [-0.4, -0.2) is 44.5 Å². The Labute approximate surface area is 158 Å². The topological polar surface area (TPSA) is 79.0 Å². The van der Waals surface area contributed by atoms with E-state index < -0.39 is 5.91 Å². The highest BCUT2D eigenvalue weighted by atomic mass is 16.3. The highest BCUT2D eigenvalue weighted by molar-refractivity contribution is 5.92. The number of hydrogen-bond acceptors (Lipinski definition) is 4. The SMILES string of the molecule is O=C(/C=C/c1ccco1)NNC(=O)CC[NH+]1CCN(c2ccccc2)CC1. The van der Waals surface area contributed by atoms with Gasteiger partial charge in [0.25, 0.3) is 5.91 Å². The van der Waals surface area contributed by atoms with E-state index in [0.717, 1.165) is 32.7 Å². The number of hydrazine groups is 1. The smallest absolute Gasteiger partial charge is 0.262 e. The molecule has 1 fully saturated rings. The van der Waals surface area contributed by atoms with Crippen LogP contribution in [0.4, 0.5) is 5.69 Å². The van der Waals surface area contributed by atoms with Gasteiger partial charge in [-0.2, -0.15) is 0 Å². The molecule has 3 N–H and O–H groups in total. The molecular weight excluding hydrogens is 344 g/mol. The molecule has 1 aliphatic heterocycles. The van der Waals surface area contributed by atoms with Gasteiger partial charge in [0, 0.05) is 11.8 Å². The summed E-state index contributed by atoms with van der Waals surface area (Å²) in [7, 11) is 0. The summed E-state index contributed by atoms with van der Waals surface area (Å²) >= 11 is 0. The van der Waals surface area contributed by atoms with Crippen LogP contribution in [0.15, 0.2) is 59.2 Å². The molecule has 2 aromatic rings.